The van der Waals surface area contributed by atoms with Crippen LogP contribution in [-0.2, 0) is 4.74 Å². The number of rotatable bonds is 7. The van der Waals surface area contributed by atoms with Crippen molar-refractivity contribution < 1.29 is 14.6 Å². The number of hydrogen-bond acceptors (Lipinski definition) is 4. The van der Waals surface area contributed by atoms with Crippen LogP contribution in [0, 0.1) is 0 Å². The third-order valence-corrected chi connectivity index (χ3v) is 3.29. The number of methoxy groups -OCH3 is 1. The van der Waals surface area contributed by atoms with Crippen molar-refractivity contribution >= 4 is 17.8 Å². The highest BCUT2D eigenvalue weighted by Crippen LogP contribution is 2.18. The first-order chi connectivity index (χ1) is 9.17. The van der Waals surface area contributed by atoms with Gasteiger partial charge < -0.3 is 20.5 Å². The van der Waals surface area contributed by atoms with Crippen LogP contribution in [0.25, 0.3) is 0 Å². The van der Waals surface area contributed by atoms with E-state index in [0.717, 1.165) is 10.5 Å². The molecule has 0 bridgehead atoms. The second-order valence-corrected chi connectivity index (χ2v) is 4.80. The number of carbonyl (C=O) groups is 1. The molecule has 6 heteroatoms. The molecule has 0 saturated carbocycles. The molecule has 1 aromatic carbocycles. The number of ether oxygens (including phenoxy) is 1. The van der Waals surface area contributed by atoms with Crippen LogP contribution in [-0.4, -0.2) is 44.2 Å². The van der Waals surface area contributed by atoms with E-state index in [0.29, 0.717) is 13.2 Å². The highest BCUT2D eigenvalue weighted by Gasteiger charge is 2.09. The van der Waals surface area contributed by atoms with Crippen LogP contribution in [0.4, 0.5) is 4.79 Å². The summed E-state index contributed by atoms with van der Waals surface area (Å²) in [5, 5.41) is 15.2. The summed E-state index contributed by atoms with van der Waals surface area (Å²) < 4.78 is 4.82. The second-order valence-electron chi connectivity index (χ2n) is 3.92. The van der Waals surface area contributed by atoms with E-state index in [2.05, 4.69) is 10.6 Å². The molecule has 19 heavy (non-hydrogen) atoms. The van der Waals surface area contributed by atoms with Gasteiger partial charge in [-0.25, -0.2) is 4.79 Å². The summed E-state index contributed by atoms with van der Waals surface area (Å²) in [5.74, 6) is 0. The van der Waals surface area contributed by atoms with Crippen LogP contribution in [0.1, 0.15) is 11.7 Å². The molecule has 0 spiro atoms. The van der Waals surface area contributed by atoms with Gasteiger partial charge in [-0.3, -0.25) is 0 Å². The zero-order chi connectivity index (χ0) is 14.1. The van der Waals surface area contributed by atoms with Gasteiger partial charge in [0.2, 0.25) is 0 Å². The zero-order valence-electron chi connectivity index (χ0n) is 11.2. The Morgan fingerprint density at radius 3 is 2.63 bits per heavy atom. The molecule has 0 aromatic heterocycles. The zero-order valence-corrected chi connectivity index (χ0v) is 12.0. The molecule has 0 heterocycles. The molecule has 1 rings (SSSR count). The van der Waals surface area contributed by atoms with Crippen molar-refractivity contribution in [2.75, 3.05) is 33.1 Å². The Labute approximate surface area is 117 Å². The summed E-state index contributed by atoms with van der Waals surface area (Å²) in [6.45, 7) is 1.09. The first-order valence-electron chi connectivity index (χ1n) is 6.00. The van der Waals surface area contributed by atoms with Crippen molar-refractivity contribution in [1.82, 2.24) is 10.6 Å². The van der Waals surface area contributed by atoms with Gasteiger partial charge in [0.25, 0.3) is 0 Å². The largest absolute Gasteiger partial charge is 0.387 e. The van der Waals surface area contributed by atoms with Gasteiger partial charge in [-0.1, -0.05) is 12.1 Å². The predicted octanol–water partition coefficient (Wildman–Crippen LogP) is 1.39. The Hall–Kier alpha value is -1.24. The van der Waals surface area contributed by atoms with E-state index in [1.165, 1.54) is 0 Å². The van der Waals surface area contributed by atoms with Crippen LogP contribution in [0.5, 0.6) is 0 Å². The summed E-state index contributed by atoms with van der Waals surface area (Å²) in [5.41, 5.74) is 0.787. The lowest BCUT2D eigenvalue weighted by Crippen LogP contribution is -2.39. The van der Waals surface area contributed by atoms with Crippen molar-refractivity contribution in [3.63, 3.8) is 0 Å². The minimum atomic E-state index is -0.705. The van der Waals surface area contributed by atoms with Crippen molar-refractivity contribution in [2.24, 2.45) is 0 Å². The number of benzene rings is 1. The highest BCUT2D eigenvalue weighted by atomic mass is 32.2. The first kappa shape index (κ1) is 15.8. The Bertz CT molecular complexity index is 384. The third-order valence-electron chi connectivity index (χ3n) is 2.55. The third kappa shape index (κ3) is 5.96. The van der Waals surface area contributed by atoms with Gasteiger partial charge in [0.15, 0.2) is 0 Å². The van der Waals surface area contributed by atoms with Gasteiger partial charge in [0.1, 0.15) is 0 Å². The summed E-state index contributed by atoms with van der Waals surface area (Å²) in [6.07, 6.45) is 1.29. The molecule has 3 N–H and O–H groups in total. The fourth-order valence-corrected chi connectivity index (χ4v) is 1.87. The molecule has 2 amide bonds. The normalized spacial score (nSPS) is 11.9. The van der Waals surface area contributed by atoms with Gasteiger partial charge in [0.05, 0.1) is 12.7 Å². The van der Waals surface area contributed by atoms with Gasteiger partial charge in [-0.15, -0.1) is 11.8 Å². The number of aliphatic hydroxyl groups excluding tert-OH is 1. The molecular weight excluding hydrogens is 264 g/mol. The average Bonchev–Trinajstić information content (AvgIpc) is 2.45. The minimum absolute atomic E-state index is 0.178. The summed E-state index contributed by atoms with van der Waals surface area (Å²) in [4.78, 5) is 12.5. The van der Waals surface area contributed by atoms with Gasteiger partial charge in [0, 0.05) is 25.1 Å². The quantitative estimate of drug-likeness (QED) is 0.523. The molecule has 1 atom stereocenters. The van der Waals surface area contributed by atoms with E-state index < -0.39 is 6.10 Å². The molecule has 1 aromatic rings. The average molecular weight is 284 g/mol. The fourth-order valence-electron chi connectivity index (χ4n) is 1.46. The van der Waals surface area contributed by atoms with Crippen LogP contribution in [0.2, 0.25) is 0 Å². The fraction of sp³-hybridized carbons (Fsp3) is 0.462. The summed E-state index contributed by atoms with van der Waals surface area (Å²) in [7, 11) is 1.57. The standard InChI is InChI=1S/C13H20N2O3S/c1-18-8-7-14-13(17)15-9-12(16)10-3-5-11(19-2)6-4-10/h3-6,12,16H,7-9H2,1-2H3,(H2,14,15,17)/t12-/m1/s1. The second kappa shape index (κ2) is 8.79. The number of carbonyl (C=O) groups excluding carboxylic acids is 1. The number of nitrogens with one attached hydrogen (secondary N) is 2. The van der Waals surface area contributed by atoms with E-state index in [1.54, 1.807) is 18.9 Å². The lowest BCUT2D eigenvalue weighted by molar-refractivity contribution is 0.170. The minimum Gasteiger partial charge on any atom is -0.387 e. The van der Waals surface area contributed by atoms with Crippen molar-refractivity contribution in [1.29, 1.82) is 0 Å². The molecule has 0 fully saturated rings. The highest BCUT2D eigenvalue weighted by molar-refractivity contribution is 7.98. The van der Waals surface area contributed by atoms with E-state index >= 15 is 0 Å². The Morgan fingerprint density at radius 2 is 2.05 bits per heavy atom. The maximum atomic E-state index is 11.4. The van der Waals surface area contributed by atoms with Crippen LogP contribution >= 0.6 is 11.8 Å². The number of thioether (sulfide) groups is 1. The molecule has 5 nitrogen and oxygen atoms in total. The maximum absolute atomic E-state index is 11.4. The Balaban J connectivity index is 2.33. The molecular formula is C13H20N2O3S. The molecule has 0 aliphatic heterocycles. The smallest absolute Gasteiger partial charge is 0.314 e. The number of hydrogen-bond donors (Lipinski definition) is 3. The molecule has 106 valence electrons. The van der Waals surface area contributed by atoms with Gasteiger partial charge in [-0.05, 0) is 24.0 Å². The molecule has 0 aliphatic carbocycles. The Kier molecular flexibility index (Phi) is 7.32. The molecule has 0 aliphatic rings. The number of aliphatic hydroxyl groups is 1. The van der Waals surface area contributed by atoms with Crippen molar-refractivity contribution in [2.45, 2.75) is 11.0 Å². The lowest BCUT2D eigenvalue weighted by atomic mass is 10.1. The lowest BCUT2D eigenvalue weighted by Gasteiger charge is -2.13. The number of urea groups is 1. The topological polar surface area (TPSA) is 70.6 Å². The van der Waals surface area contributed by atoms with Crippen LogP contribution in [0.3, 0.4) is 0 Å². The van der Waals surface area contributed by atoms with E-state index in [1.807, 2.05) is 30.5 Å². The first-order valence-corrected chi connectivity index (χ1v) is 7.22. The van der Waals surface area contributed by atoms with E-state index in [9.17, 15) is 9.90 Å². The molecule has 0 radical (unpaired) electrons. The summed E-state index contributed by atoms with van der Waals surface area (Å²) >= 11 is 1.65. The number of amides is 2. The maximum Gasteiger partial charge on any atom is 0.314 e. The summed E-state index contributed by atoms with van der Waals surface area (Å²) in [6, 6.07) is 7.31. The van der Waals surface area contributed by atoms with E-state index in [4.69, 9.17) is 4.74 Å². The predicted molar refractivity (Wildman–Crippen MR) is 76.5 cm³/mol. The van der Waals surface area contributed by atoms with Crippen molar-refractivity contribution in [3.8, 4) is 0 Å². The monoisotopic (exact) mass is 284 g/mol. The molecule has 0 unspecified atom stereocenters. The van der Waals surface area contributed by atoms with Crippen LogP contribution < -0.4 is 10.6 Å². The molecule has 0 saturated heterocycles. The van der Waals surface area contributed by atoms with Gasteiger partial charge >= 0.3 is 6.03 Å². The van der Waals surface area contributed by atoms with Gasteiger partial charge in [-0.2, -0.15) is 0 Å². The van der Waals surface area contributed by atoms with Crippen LogP contribution in [0.15, 0.2) is 29.2 Å². The Morgan fingerprint density at radius 1 is 1.37 bits per heavy atom. The van der Waals surface area contributed by atoms with Crippen molar-refractivity contribution in [3.05, 3.63) is 29.8 Å². The van der Waals surface area contributed by atoms with E-state index in [-0.39, 0.29) is 12.6 Å². The SMILES string of the molecule is COCCNC(=O)NC[C@@H](O)c1ccc(SC)cc1.